The summed E-state index contributed by atoms with van der Waals surface area (Å²) in [4.78, 5) is 24.6. The van der Waals surface area contributed by atoms with Gasteiger partial charge in [-0.05, 0) is 24.0 Å². The Morgan fingerprint density at radius 3 is 2.62 bits per heavy atom. The van der Waals surface area contributed by atoms with E-state index >= 15 is 0 Å². The first-order valence-corrected chi connectivity index (χ1v) is 7.03. The van der Waals surface area contributed by atoms with Gasteiger partial charge in [0.05, 0.1) is 5.69 Å². The quantitative estimate of drug-likeness (QED) is 0.909. The maximum Gasteiger partial charge on any atom is 0.340 e. The van der Waals surface area contributed by atoms with Gasteiger partial charge in [0.1, 0.15) is 10.6 Å². The minimum Gasteiger partial charge on any atom is -0.478 e. The van der Waals surface area contributed by atoms with Crippen LogP contribution in [-0.2, 0) is 6.54 Å². The molecule has 2 amide bonds. The second kappa shape index (κ2) is 6.36. The molecule has 2 rings (SSSR count). The fourth-order valence-electron chi connectivity index (χ4n) is 1.82. The molecule has 0 saturated heterocycles. The monoisotopic (exact) mass is 305 g/mol. The number of aryl methyl sites for hydroxylation is 1. The molecule has 0 spiro atoms. The Morgan fingerprint density at radius 2 is 2.00 bits per heavy atom. The number of aromatic nitrogens is 1. The van der Waals surface area contributed by atoms with Crippen LogP contribution in [0.15, 0.2) is 30.3 Å². The zero-order valence-electron chi connectivity index (χ0n) is 11.7. The number of nitrogens with zero attached hydrogens (tertiary/aromatic N) is 2. The van der Waals surface area contributed by atoms with Crippen molar-refractivity contribution in [3.63, 3.8) is 0 Å². The zero-order valence-corrected chi connectivity index (χ0v) is 12.5. The Kier molecular flexibility index (Phi) is 4.54. The SMILES string of the molecule is Cc1nsc(N(C)C(=O)NCc2ccccc2)c1C(=O)O. The molecule has 1 heterocycles. The molecule has 110 valence electrons. The minimum atomic E-state index is -1.08. The van der Waals surface area contributed by atoms with Gasteiger partial charge in [-0.3, -0.25) is 4.90 Å². The summed E-state index contributed by atoms with van der Waals surface area (Å²) in [6, 6.07) is 9.11. The predicted molar refractivity (Wildman–Crippen MR) is 80.9 cm³/mol. The number of nitrogens with one attached hydrogen (secondary N) is 1. The van der Waals surface area contributed by atoms with Crippen LogP contribution >= 0.6 is 11.5 Å². The number of hydrogen-bond acceptors (Lipinski definition) is 4. The molecule has 21 heavy (non-hydrogen) atoms. The maximum absolute atomic E-state index is 12.1. The normalized spacial score (nSPS) is 10.2. The molecule has 0 radical (unpaired) electrons. The second-order valence-electron chi connectivity index (χ2n) is 4.46. The first-order valence-electron chi connectivity index (χ1n) is 6.25. The number of benzene rings is 1. The van der Waals surface area contributed by atoms with Gasteiger partial charge in [-0.25, -0.2) is 9.59 Å². The first kappa shape index (κ1) is 15.0. The van der Waals surface area contributed by atoms with E-state index in [0.29, 0.717) is 17.2 Å². The molecule has 0 bridgehead atoms. The lowest BCUT2D eigenvalue weighted by molar-refractivity contribution is 0.0697. The molecule has 0 aliphatic heterocycles. The molecule has 0 aliphatic rings. The molecular formula is C14H15N3O3S. The van der Waals surface area contributed by atoms with Crippen molar-refractivity contribution >= 4 is 28.5 Å². The summed E-state index contributed by atoms with van der Waals surface area (Å²) >= 11 is 0.997. The zero-order chi connectivity index (χ0) is 15.4. The molecular weight excluding hydrogens is 290 g/mol. The van der Waals surface area contributed by atoms with Crippen LogP contribution in [0.3, 0.4) is 0 Å². The van der Waals surface area contributed by atoms with E-state index < -0.39 is 5.97 Å². The Labute approximate surface area is 126 Å². The van der Waals surface area contributed by atoms with E-state index in [9.17, 15) is 14.7 Å². The summed E-state index contributed by atoms with van der Waals surface area (Å²) in [7, 11) is 1.53. The van der Waals surface area contributed by atoms with Crippen molar-refractivity contribution in [2.75, 3.05) is 11.9 Å². The topological polar surface area (TPSA) is 82.5 Å². The minimum absolute atomic E-state index is 0.0670. The van der Waals surface area contributed by atoms with E-state index in [0.717, 1.165) is 17.1 Å². The van der Waals surface area contributed by atoms with E-state index in [-0.39, 0.29) is 11.6 Å². The molecule has 1 aromatic carbocycles. The van der Waals surface area contributed by atoms with Gasteiger partial charge >= 0.3 is 12.0 Å². The molecule has 0 aliphatic carbocycles. The summed E-state index contributed by atoms with van der Waals surface area (Å²) in [5, 5.41) is 12.3. The number of rotatable bonds is 4. The average molecular weight is 305 g/mol. The van der Waals surface area contributed by atoms with Crippen LogP contribution < -0.4 is 10.2 Å². The van der Waals surface area contributed by atoms with Gasteiger partial charge in [0, 0.05) is 13.6 Å². The number of urea groups is 1. The molecule has 7 heteroatoms. The third-order valence-electron chi connectivity index (χ3n) is 2.95. The Hall–Kier alpha value is -2.41. The largest absolute Gasteiger partial charge is 0.478 e. The summed E-state index contributed by atoms with van der Waals surface area (Å²) in [6.07, 6.45) is 0. The van der Waals surface area contributed by atoms with Crippen LogP contribution in [0.1, 0.15) is 21.6 Å². The fourth-order valence-corrected chi connectivity index (χ4v) is 2.66. The van der Waals surface area contributed by atoms with E-state index in [1.807, 2.05) is 30.3 Å². The Morgan fingerprint density at radius 1 is 1.33 bits per heavy atom. The standard InChI is InChI=1S/C14H15N3O3S/c1-9-11(13(18)19)12(21-16-9)17(2)14(20)15-8-10-6-4-3-5-7-10/h3-7H,8H2,1-2H3,(H,15,20)(H,18,19). The molecule has 0 unspecified atom stereocenters. The number of carbonyl (C=O) groups excluding carboxylic acids is 1. The van der Waals surface area contributed by atoms with Crippen LogP contribution in [-0.4, -0.2) is 28.5 Å². The molecule has 2 aromatic rings. The van der Waals surface area contributed by atoms with Gasteiger partial charge in [-0.1, -0.05) is 30.3 Å². The number of aromatic carboxylic acids is 1. The van der Waals surface area contributed by atoms with Crippen molar-refractivity contribution in [3.05, 3.63) is 47.2 Å². The van der Waals surface area contributed by atoms with Crippen LogP contribution in [0.2, 0.25) is 0 Å². The van der Waals surface area contributed by atoms with Gasteiger partial charge < -0.3 is 10.4 Å². The lowest BCUT2D eigenvalue weighted by Crippen LogP contribution is -2.37. The molecule has 2 N–H and O–H groups in total. The van der Waals surface area contributed by atoms with Crippen LogP contribution in [0, 0.1) is 6.92 Å². The second-order valence-corrected chi connectivity index (χ2v) is 5.21. The highest BCUT2D eigenvalue weighted by molar-refractivity contribution is 7.11. The van der Waals surface area contributed by atoms with Gasteiger partial charge in [-0.2, -0.15) is 4.37 Å². The highest BCUT2D eigenvalue weighted by Crippen LogP contribution is 2.27. The van der Waals surface area contributed by atoms with E-state index in [4.69, 9.17) is 0 Å². The Bertz CT molecular complexity index is 655. The van der Waals surface area contributed by atoms with Crippen molar-refractivity contribution in [1.82, 2.24) is 9.69 Å². The van der Waals surface area contributed by atoms with E-state index in [1.54, 1.807) is 6.92 Å². The predicted octanol–water partition coefficient (Wildman–Crippen LogP) is 2.50. The van der Waals surface area contributed by atoms with Crippen molar-refractivity contribution < 1.29 is 14.7 Å². The maximum atomic E-state index is 12.1. The van der Waals surface area contributed by atoms with Crippen LogP contribution in [0.4, 0.5) is 9.80 Å². The fraction of sp³-hybridized carbons (Fsp3) is 0.214. The summed E-state index contributed by atoms with van der Waals surface area (Å²) in [5.74, 6) is -1.08. The number of hydrogen-bond donors (Lipinski definition) is 2. The van der Waals surface area contributed by atoms with Gasteiger partial charge in [0.25, 0.3) is 0 Å². The number of carboxylic acid groups (broad SMARTS) is 1. The smallest absolute Gasteiger partial charge is 0.340 e. The van der Waals surface area contributed by atoms with Crippen molar-refractivity contribution in [1.29, 1.82) is 0 Å². The molecule has 0 fully saturated rings. The van der Waals surface area contributed by atoms with Gasteiger partial charge in [0.15, 0.2) is 0 Å². The van der Waals surface area contributed by atoms with Gasteiger partial charge in [-0.15, -0.1) is 0 Å². The third-order valence-corrected chi connectivity index (χ3v) is 3.97. The number of anilines is 1. The summed E-state index contributed by atoms with van der Waals surface area (Å²) < 4.78 is 4.00. The summed E-state index contributed by atoms with van der Waals surface area (Å²) in [5.41, 5.74) is 1.45. The lowest BCUT2D eigenvalue weighted by Gasteiger charge is -2.16. The van der Waals surface area contributed by atoms with Crippen molar-refractivity contribution in [2.24, 2.45) is 0 Å². The Balaban J connectivity index is 2.08. The first-order chi connectivity index (χ1) is 10.0. The highest BCUT2D eigenvalue weighted by atomic mass is 32.1. The number of amides is 2. The molecule has 0 atom stereocenters. The highest BCUT2D eigenvalue weighted by Gasteiger charge is 2.23. The van der Waals surface area contributed by atoms with Crippen molar-refractivity contribution in [2.45, 2.75) is 13.5 Å². The van der Waals surface area contributed by atoms with E-state index in [1.165, 1.54) is 11.9 Å². The molecule has 1 aromatic heterocycles. The van der Waals surface area contributed by atoms with Crippen LogP contribution in [0.5, 0.6) is 0 Å². The molecule has 6 nitrogen and oxygen atoms in total. The number of carbonyl (C=O) groups is 2. The van der Waals surface area contributed by atoms with Crippen LogP contribution in [0.25, 0.3) is 0 Å². The van der Waals surface area contributed by atoms with Crippen molar-refractivity contribution in [3.8, 4) is 0 Å². The average Bonchev–Trinajstić information content (AvgIpc) is 2.87. The number of carboxylic acids is 1. The van der Waals surface area contributed by atoms with Gasteiger partial charge in [0.2, 0.25) is 0 Å². The molecule has 0 saturated carbocycles. The lowest BCUT2D eigenvalue weighted by atomic mass is 10.2. The summed E-state index contributed by atoms with van der Waals surface area (Å²) in [6.45, 7) is 1.99. The third kappa shape index (κ3) is 3.38. The van der Waals surface area contributed by atoms with E-state index in [2.05, 4.69) is 9.69 Å².